The van der Waals surface area contributed by atoms with E-state index in [2.05, 4.69) is 21.6 Å². The number of rotatable bonds is 4. The number of hydrogen-bond donors (Lipinski definition) is 3. The quantitative estimate of drug-likeness (QED) is 0.608. The highest BCUT2D eigenvalue weighted by Gasteiger charge is 2.25. The highest BCUT2D eigenvalue weighted by Crippen LogP contribution is 2.25. The van der Waals surface area contributed by atoms with Gasteiger partial charge in [0.15, 0.2) is 0 Å². The maximum atomic E-state index is 13.0. The minimum absolute atomic E-state index is 0.00528. The highest BCUT2D eigenvalue weighted by atomic mass is 32.2. The Morgan fingerprint density at radius 2 is 1.76 bits per heavy atom. The second-order valence-corrected chi connectivity index (χ2v) is 9.09. The molecule has 1 aromatic heterocycles. The van der Waals surface area contributed by atoms with Crippen LogP contribution in [0.15, 0.2) is 52.2 Å². The molecule has 1 fully saturated rings. The summed E-state index contributed by atoms with van der Waals surface area (Å²) in [6.45, 7) is 3.50. The van der Waals surface area contributed by atoms with Crippen LogP contribution < -0.4 is 10.4 Å². The molecule has 0 bridgehead atoms. The zero-order valence-corrected chi connectivity index (χ0v) is 16.8. The number of benzene rings is 2. The summed E-state index contributed by atoms with van der Waals surface area (Å²) in [5, 5.41) is 0. The van der Waals surface area contributed by atoms with Gasteiger partial charge < -0.3 is 14.9 Å². The number of H-pyrrole nitrogens is 2. The maximum Gasteiger partial charge on any atom is 0.323 e. The van der Waals surface area contributed by atoms with Crippen molar-refractivity contribution in [1.29, 1.82) is 0 Å². The Morgan fingerprint density at radius 1 is 1.07 bits per heavy atom. The molecule has 8 nitrogen and oxygen atoms in total. The third-order valence-corrected chi connectivity index (χ3v) is 6.63. The van der Waals surface area contributed by atoms with Gasteiger partial charge in [0.1, 0.15) is 0 Å². The van der Waals surface area contributed by atoms with Crippen molar-refractivity contribution in [1.82, 2.24) is 14.9 Å². The van der Waals surface area contributed by atoms with Crippen LogP contribution in [0.2, 0.25) is 0 Å². The first kappa shape index (κ1) is 19.3. The summed E-state index contributed by atoms with van der Waals surface area (Å²) >= 11 is 0. The van der Waals surface area contributed by atoms with Crippen LogP contribution in [0.1, 0.15) is 30.1 Å². The minimum atomic E-state index is -3.95. The molecule has 2 aromatic carbocycles. The first-order valence-electron chi connectivity index (χ1n) is 9.47. The number of piperidine rings is 1. The van der Waals surface area contributed by atoms with Crippen LogP contribution in [0.3, 0.4) is 0 Å². The SMILES string of the molecule is CC1CCN(C(=O)c2ccccc2NS(=O)(=O)c2ccc3[nH]c(=O)[nH]c3c2)CC1. The maximum absolute atomic E-state index is 13.0. The van der Waals surface area contributed by atoms with Crippen LogP contribution in [0.5, 0.6) is 0 Å². The number of hydrogen-bond acceptors (Lipinski definition) is 4. The van der Waals surface area contributed by atoms with E-state index >= 15 is 0 Å². The molecule has 0 saturated carbocycles. The highest BCUT2D eigenvalue weighted by molar-refractivity contribution is 7.92. The molecule has 1 aliphatic rings. The number of fused-ring (bicyclic) bond motifs is 1. The molecule has 1 saturated heterocycles. The first-order valence-corrected chi connectivity index (χ1v) is 10.9. The molecule has 4 rings (SSSR count). The smallest absolute Gasteiger partial charge is 0.323 e. The van der Waals surface area contributed by atoms with Gasteiger partial charge in [0.05, 0.1) is 27.2 Å². The van der Waals surface area contributed by atoms with E-state index in [0.29, 0.717) is 35.6 Å². The van der Waals surface area contributed by atoms with Crippen LogP contribution in [0.4, 0.5) is 5.69 Å². The van der Waals surface area contributed by atoms with Crippen molar-refractivity contribution in [2.24, 2.45) is 5.92 Å². The molecule has 3 aromatic rings. The number of imidazole rings is 1. The summed E-state index contributed by atoms with van der Waals surface area (Å²) in [4.78, 5) is 31.3. The van der Waals surface area contributed by atoms with Gasteiger partial charge in [-0.2, -0.15) is 0 Å². The summed E-state index contributed by atoms with van der Waals surface area (Å²) < 4.78 is 28.3. The zero-order valence-electron chi connectivity index (χ0n) is 15.9. The first-order chi connectivity index (χ1) is 13.8. The molecule has 0 aliphatic carbocycles. The summed E-state index contributed by atoms with van der Waals surface area (Å²) in [6, 6.07) is 10.9. The largest absolute Gasteiger partial charge is 0.339 e. The lowest BCUT2D eigenvalue weighted by Crippen LogP contribution is -2.38. The van der Waals surface area contributed by atoms with Crippen molar-refractivity contribution >= 4 is 32.7 Å². The molecular formula is C20H22N4O4S. The summed E-state index contributed by atoms with van der Waals surface area (Å²) in [5.41, 5.74) is 1.06. The van der Waals surface area contributed by atoms with Crippen molar-refractivity contribution in [3.05, 3.63) is 58.5 Å². The molecule has 3 N–H and O–H groups in total. The fourth-order valence-corrected chi connectivity index (χ4v) is 4.63. The molecule has 1 amide bonds. The van der Waals surface area contributed by atoms with Gasteiger partial charge in [-0.1, -0.05) is 19.1 Å². The molecule has 0 atom stereocenters. The Labute approximate surface area is 168 Å². The van der Waals surface area contributed by atoms with Gasteiger partial charge in [-0.15, -0.1) is 0 Å². The molecule has 1 aliphatic heterocycles. The van der Waals surface area contributed by atoms with Gasteiger partial charge in [0.2, 0.25) is 0 Å². The van der Waals surface area contributed by atoms with Crippen LogP contribution in [-0.4, -0.2) is 42.3 Å². The standard InChI is InChI=1S/C20H22N4O4S/c1-13-8-10-24(11-9-13)19(25)15-4-2-3-5-16(15)23-29(27,28)14-6-7-17-18(12-14)22-20(26)21-17/h2-7,12-13,23H,8-11H2,1H3,(H2,21,22,26). The summed E-state index contributed by atoms with van der Waals surface area (Å²) in [5.74, 6) is 0.406. The number of nitrogens with zero attached hydrogens (tertiary/aromatic N) is 1. The number of aromatic amines is 2. The van der Waals surface area contributed by atoms with Crippen LogP contribution in [-0.2, 0) is 10.0 Å². The summed E-state index contributed by atoms with van der Waals surface area (Å²) in [6.07, 6.45) is 1.88. The van der Waals surface area contributed by atoms with Gasteiger partial charge in [-0.05, 0) is 49.1 Å². The Kier molecular flexibility index (Phi) is 4.91. The zero-order chi connectivity index (χ0) is 20.6. The van der Waals surface area contributed by atoms with E-state index in [0.717, 1.165) is 12.8 Å². The third-order valence-electron chi connectivity index (χ3n) is 5.27. The predicted molar refractivity (Wildman–Crippen MR) is 110 cm³/mol. The second-order valence-electron chi connectivity index (χ2n) is 7.41. The predicted octanol–water partition coefficient (Wildman–Crippen LogP) is 2.53. The van der Waals surface area contributed by atoms with E-state index in [1.54, 1.807) is 29.2 Å². The van der Waals surface area contributed by atoms with Crippen molar-refractivity contribution in [3.8, 4) is 0 Å². The van der Waals surface area contributed by atoms with Crippen LogP contribution >= 0.6 is 0 Å². The molecule has 0 radical (unpaired) electrons. The topological polar surface area (TPSA) is 115 Å². The van der Waals surface area contributed by atoms with Gasteiger partial charge >= 0.3 is 5.69 Å². The molecule has 9 heteroatoms. The lowest BCUT2D eigenvalue weighted by molar-refractivity contribution is 0.0698. The van der Waals surface area contributed by atoms with Gasteiger partial charge in [0, 0.05) is 13.1 Å². The van der Waals surface area contributed by atoms with Gasteiger partial charge in [-0.25, -0.2) is 13.2 Å². The van der Waals surface area contributed by atoms with E-state index in [-0.39, 0.29) is 16.5 Å². The Balaban J connectivity index is 1.63. The van der Waals surface area contributed by atoms with Crippen molar-refractivity contribution in [2.75, 3.05) is 17.8 Å². The average Bonchev–Trinajstić information content (AvgIpc) is 3.07. The number of nitrogens with one attached hydrogen (secondary N) is 3. The molecule has 0 spiro atoms. The molecule has 29 heavy (non-hydrogen) atoms. The van der Waals surface area contributed by atoms with E-state index in [9.17, 15) is 18.0 Å². The molecule has 0 unspecified atom stereocenters. The number of carbonyl (C=O) groups is 1. The monoisotopic (exact) mass is 414 g/mol. The number of amides is 1. The molecule has 152 valence electrons. The minimum Gasteiger partial charge on any atom is -0.339 e. The lowest BCUT2D eigenvalue weighted by Gasteiger charge is -2.30. The van der Waals surface area contributed by atoms with Gasteiger partial charge in [0.25, 0.3) is 15.9 Å². The Morgan fingerprint density at radius 3 is 2.52 bits per heavy atom. The normalized spacial score (nSPS) is 15.6. The van der Waals surface area contributed by atoms with E-state index < -0.39 is 15.7 Å². The van der Waals surface area contributed by atoms with E-state index in [1.807, 2.05) is 0 Å². The third kappa shape index (κ3) is 3.91. The molecular weight excluding hydrogens is 392 g/mol. The summed E-state index contributed by atoms with van der Waals surface area (Å²) in [7, 11) is -3.95. The second kappa shape index (κ2) is 7.40. The number of aromatic nitrogens is 2. The van der Waals surface area contributed by atoms with Gasteiger partial charge in [-0.3, -0.25) is 9.52 Å². The number of sulfonamides is 1. The number of para-hydroxylation sites is 1. The van der Waals surface area contributed by atoms with Crippen LogP contribution in [0, 0.1) is 5.92 Å². The van der Waals surface area contributed by atoms with E-state index in [1.165, 1.54) is 18.2 Å². The van der Waals surface area contributed by atoms with Crippen LogP contribution in [0.25, 0.3) is 11.0 Å². The lowest BCUT2D eigenvalue weighted by atomic mass is 9.98. The molecule has 2 heterocycles. The van der Waals surface area contributed by atoms with Crippen molar-refractivity contribution in [3.63, 3.8) is 0 Å². The number of likely N-dealkylation sites (tertiary alicyclic amines) is 1. The average molecular weight is 414 g/mol. The number of anilines is 1. The van der Waals surface area contributed by atoms with Crippen molar-refractivity contribution in [2.45, 2.75) is 24.7 Å². The Bertz CT molecular complexity index is 1220. The fraction of sp³-hybridized carbons (Fsp3) is 0.300. The van der Waals surface area contributed by atoms with Crippen molar-refractivity contribution < 1.29 is 13.2 Å². The Hall–Kier alpha value is -3.07. The fourth-order valence-electron chi connectivity index (χ4n) is 3.52. The number of carbonyl (C=O) groups excluding carboxylic acids is 1. The van der Waals surface area contributed by atoms with E-state index in [4.69, 9.17) is 0 Å².